The summed E-state index contributed by atoms with van der Waals surface area (Å²) in [5.74, 6) is 0.410. The first-order chi connectivity index (χ1) is 18.4. The molecule has 1 fully saturated rings. The van der Waals surface area contributed by atoms with E-state index in [2.05, 4.69) is 83.4 Å². The van der Waals surface area contributed by atoms with Gasteiger partial charge >= 0.3 is 6.09 Å². The molecule has 4 heteroatoms. The molecule has 1 heterocycles. The van der Waals surface area contributed by atoms with Crippen molar-refractivity contribution in [3.63, 3.8) is 0 Å². The number of carbonyl (C=O) groups is 1. The Bertz CT molecular complexity index is 909. The number of piperidine rings is 1. The molecule has 0 spiro atoms. The smallest absolute Gasteiger partial charge is 0.410 e. The summed E-state index contributed by atoms with van der Waals surface area (Å²) in [5, 5.41) is 0. The Kier molecular flexibility index (Phi) is 16.8. The number of hydrogen-bond acceptors (Lipinski definition) is 3. The molecular weight excluding hydrogens is 480 g/mol. The number of ether oxygens (including phenoxy) is 1. The zero-order valence-corrected chi connectivity index (χ0v) is 27.6. The number of benzene rings is 1. The highest BCUT2D eigenvalue weighted by Gasteiger charge is 2.33. The van der Waals surface area contributed by atoms with Gasteiger partial charge in [-0.15, -0.1) is 0 Å². The lowest BCUT2D eigenvalue weighted by molar-refractivity contribution is 0.0145. The van der Waals surface area contributed by atoms with E-state index in [0.29, 0.717) is 25.0 Å². The Morgan fingerprint density at radius 1 is 1.08 bits per heavy atom. The van der Waals surface area contributed by atoms with Crippen molar-refractivity contribution in [3.05, 3.63) is 71.0 Å². The molecule has 0 N–H and O–H groups in total. The van der Waals surface area contributed by atoms with E-state index in [-0.39, 0.29) is 12.1 Å². The summed E-state index contributed by atoms with van der Waals surface area (Å²) in [5.41, 5.74) is 5.92. The average molecular weight is 541 g/mol. The summed E-state index contributed by atoms with van der Waals surface area (Å²) in [6.45, 7) is 32.7. The van der Waals surface area contributed by atoms with Crippen LogP contribution >= 0.6 is 0 Å². The number of carbonyl (C=O) groups excluding carboxylic acids is 1. The minimum absolute atomic E-state index is 0.193. The average Bonchev–Trinajstić information content (AvgIpc) is 2.90. The van der Waals surface area contributed by atoms with Gasteiger partial charge < -0.3 is 14.5 Å². The van der Waals surface area contributed by atoms with Crippen LogP contribution in [0, 0.1) is 12.8 Å². The Hall–Kier alpha value is -2.49. The van der Waals surface area contributed by atoms with Gasteiger partial charge in [0, 0.05) is 24.8 Å². The highest BCUT2D eigenvalue weighted by atomic mass is 16.6. The second kappa shape index (κ2) is 18.0. The van der Waals surface area contributed by atoms with Crippen molar-refractivity contribution in [1.29, 1.82) is 0 Å². The van der Waals surface area contributed by atoms with E-state index in [1.165, 1.54) is 28.0 Å². The normalized spacial score (nSPS) is 15.8. The molecule has 2 rings (SSSR count). The van der Waals surface area contributed by atoms with Crippen LogP contribution in [0.25, 0.3) is 0 Å². The number of hydrogen-bond donors (Lipinski definition) is 0. The number of allylic oxidation sites excluding steroid dienone is 4. The Morgan fingerprint density at radius 3 is 2.00 bits per heavy atom. The zero-order valence-electron chi connectivity index (χ0n) is 27.6. The Morgan fingerprint density at radius 2 is 1.59 bits per heavy atom. The van der Waals surface area contributed by atoms with Crippen molar-refractivity contribution in [1.82, 2.24) is 9.80 Å². The SMILES string of the molecule is C=C/C(=C(\C=C(C)C)N(C1CCN(C(=O)OC(C)(C)C)CC1)C(C)c1ccc(C)cc1)C(C)CC.CC.CC. The largest absolute Gasteiger partial charge is 0.444 e. The molecule has 1 aliphatic rings. The highest BCUT2D eigenvalue weighted by Crippen LogP contribution is 2.36. The predicted molar refractivity (Wildman–Crippen MR) is 171 cm³/mol. The third-order valence-corrected chi connectivity index (χ3v) is 6.85. The molecular formula is C35H60N2O2. The van der Waals surface area contributed by atoms with Gasteiger partial charge in [-0.3, -0.25) is 0 Å². The fraction of sp³-hybridized carbons (Fsp3) is 0.629. The van der Waals surface area contributed by atoms with Crippen LogP contribution in [-0.2, 0) is 4.74 Å². The minimum Gasteiger partial charge on any atom is -0.444 e. The van der Waals surface area contributed by atoms with Gasteiger partial charge in [0.25, 0.3) is 0 Å². The third kappa shape index (κ3) is 11.6. The molecule has 2 unspecified atom stereocenters. The summed E-state index contributed by atoms with van der Waals surface area (Å²) in [6.07, 6.45) is 7.04. The van der Waals surface area contributed by atoms with Crippen molar-refractivity contribution in [2.75, 3.05) is 13.1 Å². The van der Waals surface area contributed by atoms with Crippen LogP contribution in [-0.4, -0.2) is 40.6 Å². The van der Waals surface area contributed by atoms with E-state index >= 15 is 0 Å². The molecule has 0 aliphatic carbocycles. The van der Waals surface area contributed by atoms with Crippen LogP contribution in [0.2, 0.25) is 0 Å². The summed E-state index contributed by atoms with van der Waals surface area (Å²) >= 11 is 0. The van der Waals surface area contributed by atoms with Gasteiger partial charge in [0.2, 0.25) is 0 Å². The molecule has 0 aromatic heterocycles. The van der Waals surface area contributed by atoms with Crippen LogP contribution in [0.5, 0.6) is 0 Å². The van der Waals surface area contributed by atoms with Crippen molar-refractivity contribution in [3.8, 4) is 0 Å². The molecule has 0 saturated carbocycles. The molecule has 0 bridgehead atoms. The summed E-state index contributed by atoms with van der Waals surface area (Å²) in [4.78, 5) is 17.2. The molecule has 1 saturated heterocycles. The van der Waals surface area contributed by atoms with Gasteiger partial charge in [0.05, 0.1) is 6.04 Å². The molecule has 1 aromatic rings. The first kappa shape index (κ1) is 36.5. The second-order valence-corrected chi connectivity index (χ2v) is 11.3. The van der Waals surface area contributed by atoms with Crippen LogP contribution < -0.4 is 0 Å². The predicted octanol–water partition coefficient (Wildman–Crippen LogP) is 10.3. The van der Waals surface area contributed by atoms with E-state index < -0.39 is 5.60 Å². The Labute approximate surface area is 242 Å². The van der Waals surface area contributed by atoms with Crippen LogP contribution in [0.15, 0.2) is 59.8 Å². The van der Waals surface area contributed by atoms with Gasteiger partial charge in [-0.25, -0.2) is 4.79 Å². The molecule has 1 aromatic carbocycles. The summed E-state index contributed by atoms with van der Waals surface area (Å²) in [7, 11) is 0. The van der Waals surface area contributed by atoms with Gasteiger partial charge in [-0.2, -0.15) is 0 Å². The van der Waals surface area contributed by atoms with E-state index in [0.717, 1.165) is 19.3 Å². The van der Waals surface area contributed by atoms with Gasteiger partial charge in [-0.05, 0) is 90.9 Å². The molecule has 222 valence electrons. The lowest BCUT2D eigenvalue weighted by atomic mass is 9.91. The number of nitrogens with zero attached hydrogens (tertiary/aromatic N) is 2. The maximum absolute atomic E-state index is 12.7. The second-order valence-electron chi connectivity index (χ2n) is 11.3. The molecule has 39 heavy (non-hydrogen) atoms. The van der Waals surface area contributed by atoms with Crippen LogP contribution in [0.4, 0.5) is 4.79 Å². The maximum Gasteiger partial charge on any atom is 0.410 e. The van der Waals surface area contributed by atoms with Crippen molar-refractivity contribution in [2.24, 2.45) is 5.92 Å². The van der Waals surface area contributed by atoms with Gasteiger partial charge in [-0.1, -0.05) is 89.6 Å². The number of aryl methyl sites for hydroxylation is 1. The van der Waals surface area contributed by atoms with E-state index in [4.69, 9.17) is 4.74 Å². The first-order valence-electron chi connectivity index (χ1n) is 15.2. The third-order valence-electron chi connectivity index (χ3n) is 6.85. The van der Waals surface area contributed by atoms with Crippen molar-refractivity contribution < 1.29 is 9.53 Å². The van der Waals surface area contributed by atoms with Gasteiger partial charge in [0.1, 0.15) is 5.60 Å². The van der Waals surface area contributed by atoms with E-state index in [9.17, 15) is 4.79 Å². The summed E-state index contributed by atoms with van der Waals surface area (Å²) < 4.78 is 5.64. The fourth-order valence-corrected chi connectivity index (χ4v) is 4.74. The fourth-order valence-electron chi connectivity index (χ4n) is 4.74. The van der Waals surface area contributed by atoms with Crippen LogP contribution in [0.1, 0.15) is 120 Å². The Balaban J connectivity index is 0.00000344. The van der Waals surface area contributed by atoms with Gasteiger partial charge in [0.15, 0.2) is 0 Å². The summed E-state index contributed by atoms with van der Waals surface area (Å²) in [6, 6.07) is 9.40. The molecule has 2 atom stereocenters. The van der Waals surface area contributed by atoms with Crippen molar-refractivity contribution in [2.45, 2.75) is 127 Å². The number of amides is 1. The molecule has 4 nitrogen and oxygen atoms in total. The van der Waals surface area contributed by atoms with E-state index in [1.807, 2.05) is 59.4 Å². The first-order valence-corrected chi connectivity index (χ1v) is 15.2. The lowest BCUT2D eigenvalue weighted by Crippen LogP contribution is -2.48. The highest BCUT2D eigenvalue weighted by molar-refractivity contribution is 5.68. The number of likely N-dealkylation sites (tertiary alicyclic amines) is 1. The quantitative estimate of drug-likeness (QED) is 0.307. The monoisotopic (exact) mass is 540 g/mol. The standard InChI is InChI=1S/C31H48N2O2.2C2H6/c1-11-24(6)28(12-2)29(21-22(3)4)33(25(7)26-15-13-23(5)14-16-26)27-17-19-32(20-18-27)30(34)35-31(8,9)10;2*1-2/h12-16,21,24-25,27H,2,11,17-20H2,1,3-10H3;2*1-2H3/b29-28-;;. The van der Waals surface area contributed by atoms with E-state index in [1.54, 1.807) is 0 Å². The topological polar surface area (TPSA) is 32.8 Å². The zero-order chi connectivity index (χ0) is 30.3. The van der Waals surface area contributed by atoms with Crippen LogP contribution in [0.3, 0.4) is 0 Å². The minimum atomic E-state index is -0.478. The lowest BCUT2D eigenvalue weighted by Gasteiger charge is -2.45. The maximum atomic E-state index is 12.7. The molecule has 1 aliphatic heterocycles. The molecule has 1 amide bonds. The van der Waals surface area contributed by atoms with Crippen molar-refractivity contribution >= 4 is 6.09 Å². The number of rotatable bonds is 8. The molecule has 0 radical (unpaired) electrons.